The lowest BCUT2D eigenvalue weighted by atomic mass is 10.1. The van der Waals surface area contributed by atoms with E-state index in [2.05, 4.69) is 15.5 Å². The van der Waals surface area contributed by atoms with Crippen molar-refractivity contribution in [2.75, 3.05) is 32.9 Å². The number of hydrogen-bond acceptors (Lipinski definition) is 8. The van der Waals surface area contributed by atoms with Crippen molar-refractivity contribution in [2.24, 2.45) is 0 Å². The molecule has 10 heteroatoms. The molecular formula is C10H17N3O7. The van der Waals surface area contributed by atoms with Gasteiger partial charge in [0, 0.05) is 13.1 Å². The molecule has 4 atom stereocenters. The van der Waals surface area contributed by atoms with Gasteiger partial charge in [-0.05, 0) is 0 Å². The second kappa shape index (κ2) is 6.79. The van der Waals surface area contributed by atoms with Crippen molar-refractivity contribution in [3.8, 4) is 0 Å². The summed E-state index contributed by atoms with van der Waals surface area (Å²) in [6.45, 7) is 0.784. The van der Waals surface area contributed by atoms with Gasteiger partial charge in [0.2, 0.25) is 5.91 Å². The number of nitrogens with one attached hydrogen (secondary N) is 2. The fourth-order valence-electron chi connectivity index (χ4n) is 2.36. The SMILES string of the molecule is O=C(CO)NCCN[C@@H]1CO[C@H]2[C@@H]1OC[C@@H]2O[N+](=O)[O-]. The number of amides is 1. The Morgan fingerprint density at radius 3 is 2.80 bits per heavy atom. The van der Waals surface area contributed by atoms with Crippen molar-refractivity contribution < 1.29 is 29.3 Å². The van der Waals surface area contributed by atoms with Gasteiger partial charge >= 0.3 is 0 Å². The van der Waals surface area contributed by atoms with Crippen LogP contribution >= 0.6 is 0 Å². The minimum Gasteiger partial charge on any atom is -0.387 e. The van der Waals surface area contributed by atoms with Crippen LogP contribution in [0.15, 0.2) is 0 Å². The van der Waals surface area contributed by atoms with Crippen LogP contribution in [0, 0.1) is 10.1 Å². The zero-order chi connectivity index (χ0) is 14.5. The number of fused-ring (bicyclic) bond motifs is 1. The highest BCUT2D eigenvalue weighted by atomic mass is 17.0. The molecule has 0 spiro atoms. The van der Waals surface area contributed by atoms with E-state index in [1.807, 2.05) is 0 Å². The van der Waals surface area contributed by atoms with E-state index in [1.54, 1.807) is 0 Å². The van der Waals surface area contributed by atoms with Gasteiger partial charge in [0.25, 0.3) is 5.09 Å². The largest absolute Gasteiger partial charge is 0.387 e. The number of rotatable bonds is 7. The molecule has 0 aromatic carbocycles. The number of ether oxygens (including phenoxy) is 2. The lowest BCUT2D eigenvalue weighted by Crippen LogP contribution is -2.44. The Hall–Kier alpha value is -1.49. The predicted molar refractivity (Wildman–Crippen MR) is 63.2 cm³/mol. The Morgan fingerprint density at radius 2 is 2.10 bits per heavy atom. The van der Waals surface area contributed by atoms with E-state index in [0.717, 1.165) is 0 Å². The molecule has 20 heavy (non-hydrogen) atoms. The molecule has 2 saturated heterocycles. The lowest BCUT2D eigenvalue weighted by molar-refractivity contribution is -0.769. The highest BCUT2D eigenvalue weighted by Crippen LogP contribution is 2.28. The Balaban J connectivity index is 1.71. The van der Waals surface area contributed by atoms with Crippen LogP contribution in [-0.4, -0.2) is 73.4 Å². The molecule has 0 unspecified atom stereocenters. The first-order valence-electron chi connectivity index (χ1n) is 6.27. The summed E-state index contributed by atoms with van der Waals surface area (Å²) in [5.74, 6) is -0.441. The lowest BCUT2D eigenvalue weighted by Gasteiger charge is -2.17. The topological polar surface area (TPSA) is 132 Å². The number of nitrogens with zero attached hydrogens (tertiary/aromatic N) is 1. The molecule has 0 aromatic rings. The summed E-state index contributed by atoms with van der Waals surface area (Å²) in [4.78, 5) is 25.6. The van der Waals surface area contributed by atoms with Crippen LogP contribution in [0.2, 0.25) is 0 Å². The average molecular weight is 291 g/mol. The summed E-state index contributed by atoms with van der Waals surface area (Å²) in [6.07, 6.45) is -1.45. The van der Waals surface area contributed by atoms with Gasteiger partial charge in [-0.1, -0.05) is 0 Å². The average Bonchev–Trinajstić information content (AvgIpc) is 2.98. The summed E-state index contributed by atoms with van der Waals surface area (Å²) in [6, 6.07) is -0.105. The van der Waals surface area contributed by atoms with Gasteiger partial charge in [-0.25, -0.2) is 0 Å². The second-order valence-corrected chi connectivity index (χ2v) is 4.53. The monoisotopic (exact) mass is 291 g/mol. The molecule has 0 radical (unpaired) electrons. The van der Waals surface area contributed by atoms with Crippen molar-refractivity contribution in [1.29, 1.82) is 0 Å². The smallest absolute Gasteiger partial charge is 0.294 e. The van der Waals surface area contributed by atoms with Crippen molar-refractivity contribution in [3.63, 3.8) is 0 Å². The Morgan fingerprint density at radius 1 is 1.35 bits per heavy atom. The molecule has 0 saturated carbocycles. The van der Waals surface area contributed by atoms with E-state index in [-0.39, 0.29) is 18.8 Å². The van der Waals surface area contributed by atoms with E-state index < -0.39 is 29.8 Å². The van der Waals surface area contributed by atoms with Gasteiger partial charge in [-0.15, -0.1) is 10.1 Å². The Kier molecular flexibility index (Phi) is 5.06. The van der Waals surface area contributed by atoms with E-state index >= 15 is 0 Å². The van der Waals surface area contributed by atoms with Gasteiger partial charge < -0.3 is 30.1 Å². The zero-order valence-corrected chi connectivity index (χ0v) is 10.7. The first-order valence-corrected chi connectivity index (χ1v) is 6.27. The van der Waals surface area contributed by atoms with E-state index in [0.29, 0.717) is 19.7 Å². The van der Waals surface area contributed by atoms with Crippen molar-refractivity contribution in [1.82, 2.24) is 10.6 Å². The fourth-order valence-corrected chi connectivity index (χ4v) is 2.36. The van der Waals surface area contributed by atoms with Gasteiger partial charge in [0.05, 0.1) is 19.3 Å². The van der Waals surface area contributed by atoms with Crippen molar-refractivity contribution in [2.45, 2.75) is 24.4 Å². The fraction of sp³-hybridized carbons (Fsp3) is 0.900. The maximum Gasteiger partial charge on any atom is 0.294 e. The molecular weight excluding hydrogens is 274 g/mol. The molecule has 0 aromatic heterocycles. The summed E-state index contributed by atoms with van der Waals surface area (Å²) >= 11 is 0. The molecule has 2 aliphatic heterocycles. The summed E-state index contributed by atoms with van der Waals surface area (Å²) in [5, 5.41) is 23.6. The molecule has 0 aliphatic carbocycles. The second-order valence-electron chi connectivity index (χ2n) is 4.53. The van der Waals surface area contributed by atoms with Crippen molar-refractivity contribution in [3.05, 3.63) is 10.1 Å². The molecule has 114 valence electrons. The van der Waals surface area contributed by atoms with Crippen LogP contribution in [0.25, 0.3) is 0 Å². The van der Waals surface area contributed by atoms with E-state index in [1.165, 1.54) is 0 Å². The van der Waals surface area contributed by atoms with Gasteiger partial charge in [0.15, 0.2) is 6.10 Å². The Labute approximate surface area is 114 Å². The highest BCUT2D eigenvalue weighted by molar-refractivity contribution is 5.76. The predicted octanol–water partition coefficient (Wildman–Crippen LogP) is -2.57. The highest BCUT2D eigenvalue weighted by Gasteiger charge is 2.49. The summed E-state index contributed by atoms with van der Waals surface area (Å²) in [7, 11) is 0. The van der Waals surface area contributed by atoms with Crippen LogP contribution in [0.5, 0.6) is 0 Å². The van der Waals surface area contributed by atoms with Crippen LogP contribution < -0.4 is 10.6 Å². The van der Waals surface area contributed by atoms with E-state index in [4.69, 9.17) is 14.6 Å². The van der Waals surface area contributed by atoms with Gasteiger partial charge in [-0.3, -0.25) is 4.79 Å². The van der Waals surface area contributed by atoms with Crippen LogP contribution in [0.4, 0.5) is 0 Å². The normalized spacial score (nSPS) is 31.9. The molecule has 2 rings (SSSR count). The van der Waals surface area contributed by atoms with Gasteiger partial charge in [0.1, 0.15) is 18.8 Å². The summed E-state index contributed by atoms with van der Waals surface area (Å²) in [5.41, 5.74) is 0. The quantitative estimate of drug-likeness (QED) is 0.265. The minimum absolute atomic E-state index is 0.105. The third kappa shape index (κ3) is 3.54. The first kappa shape index (κ1) is 14.9. The van der Waals surface area contributed by atoms with E-state index in [9.17, 15) is 14.9 Å². The number of aliphatic hydroxyl groups excluding tert-OH is 1. The Bertz CT molecular complexity index is 367. The zero-order valence-electron chi connectivity index (χ0n) is 10.7. The number of hydrogen-bond donors (Lipinski definition) is 3. The third-order valence-corrected chi connectivity index (χ3v) is 3.23. The standard InChI is InChI=1S/C10H17N3O7/c14-3-8(15)12-2-1-11-6-4-18-10-7(20-13(16)17)5-19-9(6)10/h6-7,9-11,14H,1-5H2,(H,12,15)/t6-,7+,9-,10-/m1/s1. The molecule has 2 heterocycles. The maximum absolute atomic E-state index is 10.8. The summed E-state index contributed by atoms with van der Waals surface area (Å²) < 4.78 is 10.9. The maximum atomic E-state index is 10.8. The molecule has 2 fully saturated rings. The molecule has 1 amide bonds. The molecule has 3 N–H and O–H groups in total. The molecule has 0 bridgehead atoms. The number of carbonyl (C=O) groups excluding carboxylic acids is 1. The van der Waals surface area contributed by atoms with Crippen LogP contribution in [0.1, 0.15) is 0 Å². The van der Waals surface area contributed by atoms with Gasteiger partial charge in [-0.2, -0.15) is 0 Å². The number of aliphatic hydroxyl groups is 1. The van der Waals surface area contributed by atoms with Crippen molar-refractivity contribution >= 4 is 5.91 Å². The molecule has 2 aliphatic rings. The number of carbonyl (C=O) groups is 1. The first-order chi connectivity index (χ1) is 9.61. The third-order valence-electron chi connectivity index (χ3n) is 3.23. The minimum atomic E-state index is -0.842. The molecule has 10 nitrogen and oxygen atoms in total. The van der Waals surface area contributed by atoms with Crippen LogP contribution in [-0.2, 0) is 19.1 Å². The van der Waals surface area contributed by atoms with Crippen LogP contribution in [0.3, 0.4) is 0 Å².